The summed E-state index contributed by atoms with van der Waals surface area (Å²) in [5.74, 6) is 0.723. The summed E-state index contributed by atoms with van der Waals surface area (Å²) in [6, 6.07) is 7.84. The van der Waals surface area contributed by atoms with E-state index in [2.05, 4.69) is 36.1 Å². The first-order chi connectivity index (χ1) is 12.6. The Balaban J connectivity index is 2.02. The van der Waals surface area contributed by atoms with Crippen molar-refractivity contribution >= 4 is 16.9 Å². The van der Waals surface area contributed by atoms with Crippen molar-refractivity contribution in [3.05, 3.63) is 75.8 Å². The third-order valence-corrected chi connectivity index (χ3v) is 5.24. The summed E-state index contributed by atoms with van der Waals surface area (Å²) in [7, 11) is 0. The molecule has 0 aliphatic heterocycles. The van der Waals surface area contributed by atoms with E-state index >= 15 is 0 Å². The number of aromatic nitrogens is 1. The number of likely N-dealkylation sites (N-methyl/N-ethyl adjacent to an activating group) is 1. The van der Waals surface area contributed by atoms with Gasteiger partial charge in [-0.3, -0.25) is 4.79 Å². The van der Waals surface area contributed by atoms with E-state index in [1.165, 1.54) is 0 Å². The van der Waals surface area contributed by atoms with Gasteiger partial charge in [0.15, 0.2) is 5.78 Å². The minimum absolute atomic E-state index is 0.0409. The fraction of sp³-hybridized carbons (Fsp3) is 0.273. The highest BCUT2D eigenvalue weighted by Crippen LogP contribution is 2.45. The number of aryl methyl sites for hydroxylation is 2. The Hall–Kier alpha value is -2.88. The van der Waals surface area contributed by atoms with Gasteiger partial charge in [-0.2, -0.15) is 0 Å². The van der Waals surface area contributed by atoms with E-state index in [9.17, 15) is 4.79 Å². The number of ketones is 1. The third kappa shape index (κ3) is 2.29. The SMILES string of the molecule is CCN(CC)C1=CC2=C(c3c(C)noc3C)C(=O)c3ccccc3C2=C1. The van der Waals surface area contributed by atoms with Crippen LogP contribution in [0.3, 0.4) is 0 Å². The summed E-state index contributed by atoms with van der Waals surface area (Å²) in [6.07, 6.45) is 4.34. The lowest BCUT2D eigenvalue weighted by Gasteiger charge is -2.21. The largest absolute Gasteiger partial charge is 0.372 e. The van der Waals surface area contributed by atoms with Crippen LogP contribution in [-0.4, -0.2) is 28.9 Å². The zero-order chi connectivity index (χ0) is 18.4. The molecule has 26 heavy (non-hydrogen) atoms. The highest BCUT2D eigenvalue weighted by molar-refractivity contribution is 6.36. The number of fused-ring (bicyclic) bond motifs is 3. The molecule has 0 bridgehead atoms. The second-order valence-corrected chi connectivity index (χ2v) is 6.66. The molecule has 4 rings (SSSR count). The summed E-state index contributed by atoms with van der Waals surface area (Å²) in [5.41, 5.74) is 7.25. The number of rotatable bonds is 4. The quantitative estimate of drug-likeness (QED) is 0.814. The van der Waals surface area contributed by atoms with E-state index in [-0.39, 0.29) is 5.78 Å². The van der Waals surface area contributed by atoms with Crippen LogP contribution in [0.1, 0.15) is 46.8 Å². The Labute approximate surface area is 153 Å². The van der Waals surface area contributed by atoms with E-state index in [0.29, 0.717) is 11.3 Å². The molecular formula is C22H22N2O2. The Morgan fingerprint density at radius 3 is 2.35 bits per heavy atom. The molecule has 1 aromatic heterocycles. The van der Waals surface area contributed by atoms with Gasteiger partial charge in [0.2, 0.25) is 0 Å². The van der Waals surface area contributed by atoms with E-state index in [0.717, 1.165) is 52.3 Å². The second-order valence-electron chi connectivity index (χ2n) is 6.66. The first-order valence-corrected chi connectivity index (χ1v) is 9.07. The average Bonchev–Trinajstić information content (AvgIpc) is 3.22. The van der Waals surface area contributed by atoms with Crippen molar-refractivity contribution in [2.45, 2.75) is 27.7 Å². The minimum atomic E-state index is 0.0409. The normalized spacial score (nSPS) is 15.6. The minimum Gasteiger partial charge on any atom is -0.372 e. The molecule has 0 saturated heterocycles. The monoisotopic (exact) mass is 346 g/mol. The molecule has 0 amide bonds. The van der Waals surface area contributed by atoms with Crippen LogP contribution in [0.15, 0.2) is 52.2 Å². The van der Waals surface area contributed by atoms with E-state index in [4.69, 9.17) is 4.52 Å². The van der Waals surface area contributed by atoms with Crippen LogP contribution >= 0.6 is 0 Å². The molecule has 0 saturated carbocycles. The lowest BCUT2D eigenvalue weighted by Crippen LogP contribution is -2.20. The first kappa shape index (κ1) is 16.6. The molecule has 1 heterocycles. The van der Waals surface area contributed by atoms with Crippen molar-refractivity contribution in [2.24, 2.45) is 0 Å². The van der Waals surface area contributed by atoms with Gasteiger partial charge in [0, 0.05) is 29.9 Å². The maximum Gasteiger partial charge on any atom is 0.195 e. The van der Waals surface area contributed by atoms with Gasteiger partial charge in [-0.15, -0.1) is 0 Å². The van der Waals surface area contributed by atoms with Crippen LogP contribution in [0.5, 0.6) is 0 Å². The molecule has 1 aromatic carbocycles. The molecule has 2 aromatic rings. The van der Waals surface area contributed by atoms with Crippen molar-refractivity contribution in [3.63, 3.8) is 0 Å². The van der Waals surface area contributed by atoms with Gasteiger partial charge in [0.05, 0.1) is 11.3 Å². The lowest BCUT2D eigenvalue weighted by molar-refractivity contribution is 0.105. The summed E-state index contributed by atoms with van der Waals surface area (Å²) < 4.78 is 5.36. The molecule has 0 atom stereocenters. The highest BCUT2D eigenvalue weighted by atomic mass is 16.5. The first-order valence-electron chi connectivity index (χ1n) is 9.07. The predicted octanol–water partition coefficient (Wildman–Crippen LogP) is 4.56. The summed E-state index contributed by atoms with van der Waals surface area (Å²) in [6.45, 7) is 9.90. The van der Waals surface area contributed by atoms with Gasteiger partial charge in [-0.25, -0.2) is 0 Å². The van der Waals surface area contributed by atoms with Gasteiger partial charge in [-0.05, 0) is 56.6 Å². The van der Waals surface area contributed by atoms with Crippen molar-refractivity contribution in [1.82, 2.24) is 10.1 Å². The van der Waals surface area contributed by atoms with Crippen LogP contribution in [0, 0.1) is 13.8 Å². The van der Waals surface area contributed by atoms with Gasteiger partial charge in [0.25, 0.3) is 0 Å². The van der Waals surface area contributed by atoms with Crippen LogP contribution in [0.25, 0.3) is 11.1 Å². The Bertz CT molecular complexity index is 981. The van der Waals surface area contributed by atoms with Crippen molar-refractivity contribution < 1.29 is 9.32 Å². The third-order valence-electron chi connectivity index (χ3n) is 5.24. The summed E-state index contributed by atoms with van der Waals surface area (Å²) in [4.78, 5) is 15.7. The smallest absolute Gasteiger partial charge is 0.195 e. The number of allylic oxidation sites excluding steroid dienone is 5. The zero-order valence-corrected chi connectivity index (χ0v) is 15.6. The highest BCUT2D eigenvalue weighted by Gasteiger charge is 2.34. The molecule has 0 N–H and O–H groups in total. The number of Topliss-reactive ketones (excluding diaryl/α,β-unsaturated/α-hetero) is 1. The number of hydrogen-bond acceptors (Lipinski definition) is 4. The van der Waals surface area contributed by atoms with Crippen molar-refractivity contribution in [1.29, 1.82) is 0 Å². The van der Waals surface area contributed by atoms with Crippen LogP contribution in [0.2, 0.25) is 0 Å². The number of benzene rings is 1. The Morgan fingerprint density at radius 2 is 1.73 bits per heavy atom. The van der Waals surface area contributed by atoms with E-state index < -0.39 is 0 Å². The standard InChI is InChI=1S/C22H22N2O2/c1-5-24(6-2)15-11-18-16-9-7-8-10-17(16)22(25)21(19(18)12-15)20-13(3)23-26-14(20)4/h7-12H,5-6H2,1-4H3. The fourth-order valence-electron chi connectivity index (χ4n) is 3.96. The molecule has 2 aliphatic carbocycles. The number of carbonyl (C=O) groups excluding carboxylic acids is 1. The van der Waals surface area contributed by atoms with Crippen molar-refractivity contribution in [3.8, 4) is 0 Å². The van der Waals surface area contributed by atoms with E-state index in [1.807, 2.05) is 38.1 Å². The molecular weight excluding hydrogens is 324 g/mol. The molecule has 132 valence electrons. The maximum atomic E-state index is 13.4. The molecule has 0 spiro atoms. The maximum absolute atomic E-state index is 13.4. The van der Waals surface area contributed by atoms with Crippen LogP contribution in [0.4, 0.5) is 0 Å². The van der Waals surface area contributed by atoms with Gasteiger partial charge < -0.3 is 9.42 Å². The number of carbonyl (C=O) groups is 1. The molecule has 0 fully saturated rings. The Kier molecular flexibility index (Phi) is 3.91. The van der Waals surface area contributed by atoms with Gasteiger partial charge in [-0.1, -0.05) is 29.4 Å². The predicted molar refractivity (Wildman–Crippen MR) is 103 cm³/mol. The Morgan fingerprint density at radius 1 is 1.04 bits per heavy atom. The zero-order valence-electron chi connectivity index (χ0n) is 15.6. The van der Waals surface area contributed by atoms with Gasteiger partial charge >= 0.3 is 0 Å². The van der Waals surface area contributed by atoms with Crippen LogP contribution in [-0.2, 0) is 0 Å². The summed E-state index contributed by atoms with van der Waals surface area (Å²) in [5, 5.41) is 4.07. The van der Waals surface area contributed by atoms with E-state index in [1.54, 1.807) is 0 Å². The number of hydrogen-bond donors (Lipinski definition) is 0. The molecule has 2 aliphatic rings. The molecule has 4 nitrogen and oxygen atoms in total. The second kappa shape index (κ2) is 6.13. The van der Waals surface area contributed by atoms with Crippen molar-refractivity contribution in [2.75, 3.05) is 13.1 Å². The summed E-state index contributed by atoms with van der Waals surface area (Å²) >= 11 is 0. The fourth-order valence-corrected chi connectivity index (χ4v) is 3.96. The topological polar surface area (TPSA) is 46.3 Å². The van der Waals surface area contributed by atoms with Crippen LogP contribution < -0.4 is 0 Å². The lowest BCUT2D eigenvalue weighted by atomic mass is 9.79. The van der Waals surface area contributed by atoms with Gasteiger partial charge in [0.1, 0.15) is 5.76 Å². The molecule has 0 radical (unpaired) electrons. The molecule has 0 unspecified atom stereocenters. The molecule has 4 heteroatoms. The number of nitrogens with zero attached hydrogens (tertiary/aromatic N) is 2. The average molecular weight is 346 g/mol.